The first-order chi connectivity index (χ1) is 7.15. The Kier molecular flexibility index (Phi) is 4.46. The Morgan fingerprint density at radius 3 is 2.73 bits per heavy atom. The van der Waals surface area contributed by atoms with Crippen LogP contribution in [0.25, 0.3) is 0 Å². The molecule has 3 nitrogen and oxygen atoms in total. The van der Waals surface area contributed by atoms with Gasteiger partial charge in [-0.1, -0.05) is 24.3 Å². The van der Waals surface area contributed by atoms with Crippen molar-refractivity contribution in [1.29, 1.82) is 0 Å². The van der Waals surface area contributed by atoms with Crippen LogP contribution in [0.5, 0.6) is 0 Å². The van der Waals surface area contributed by atoms with E-state index in [-0.39, 0.29) is 12.4 Å². The molecule has 0 aliphatic heterocycles. The molecule has 0 spiro atoms. The third-order valence-corrected chi connectivity index (χ3v) is 2.39. The molecule has 0 bridgehead atoms. The molecule has 0 amide bonds. The van der Waals surface area contributed by atoms with Gasteiger partial charge in [0.15, 0.2) is 5.78 Å². The average Bonchev–Trinajstić information content (AvgIpc) is 2.21. The molecular formula is C12H17NO2. The summed E-state index contributed by atoms with van der Waals surface area (Å²) in [5, 5.41) is 0. The quantitative estimate of drug-likeness (QED) is 0.786. The molecule has 0 aromatic heterocycles. The van der Waals surface area contributed by atoms with Crippen molar-refractivity contribution < 1.29 is 9.53 Å². The van der Waals surface area contributed by atoms with Crippen LogP contribution in [0.2, 0.25) is 0 Å². The summed E-state index contributed by atoms with van der Waals surface area (Å²) >= 11 is 0. The van der Waals surface area contributed by atoms with E-state index in [4.69, 9.17) is 10.5 Å². The first-order valence-corrected chi connectivity index (χ1v) is 4.97. The number of nitrogens with two attached hydrogens (primary N) is 1. The monoisotopic (exact) mass is 207 g/mol. The SMILES string of the molecule is COCC(N)C(=O)Cc1ccccc1C. The van der Waals surface area contributed by atoms with Gasteiger partial charge in [-0.2, -0.15) is 0 Å². The molecule has 0 radical (unpaired) electrons. The smallest absolute Gasteiger partial charge is 0.156 e. The molecule has 0 heterocycles. The number of aryl methyl sites for hydroxylation is 1. The molecule has 0 saturated heterocycles. The normalized spacial score (nSPS) is 12.5. The summed E-state index contributed by atoms with van der Waals surface area (Å²) in [5.74, 6) is 0.0196. The van der Waals surface area contributed by atoms with Gasteiger partial charge in [-0.3, -0.25) is 4.79 Å². The van der Waals surface area contributed by atoms with Crippen molar-refractivity contribution in [3.63, 3.8) is 0 Å². The highest BCUT2D eigenvalue weighted by Gasteiger charge is 2.14. The number of carbonyl (C=O) groups is 1. The van der Waals surface area contributed by atoms with Crippen molar-refractivity contribution in [2.75, 3.05) is 13.7 Å². The van der Waals surface area contributed by atoms with Crippen LogP contribution in [0.1, 0.15) is 11.1 Å². The second-order valence-electron chi connectivity index (χ2n) is 3.63. The van der Waals surface area contributed by atoms with Crippen molar-refractivity contribution >= 4 is 5.78 Å². The zero-order valence-corrected chi connectivity index (χ0v) is 9.19. The van der Waals surface area contributed by atoms with Crippen LogP contribution >= 0.6 is 0 Å². The largest absolute Gasteiger partial charge is 0.383 e. The average molecular weight is 207 g/mol. The van der Waals surface area contributed by atoms with E-state index in [2.05, 4.69) is 0 Å². The molecule has 1 rings (SSSR count). The molecule has 1 atom stereocenters. The Balaban J connectivity index is 2.62. The van der Waals surface area contributed by atoms with Gasteiger partial charge in [0.25, 0.3) is 0 Å². The number of Topliss-reactive ketones (excluding diaryl/α,β-unsaturated/α-hetero) is 1. The summed E-state index contributed by atoms with van der Waals surface area (Å²) in [6.07, 6.45) is 0.386. The van der Waals surface area contributed by atoms with Gasteiger partial charge in [0.1, 0.15) is 0 Å². The fraction of sp³-hybridized carbons (Fsp3) is 0.417. The lowest BCUT2D eigenvalue weighted by Gasteiger charge is -2.10. The third kappa shape index (κ3) is 3.46. The highest BCUT2D eigenvalue weighted by atomic mass is 16.5. The molecule has 1 aromatic carbocycles. The maximum atomic E-state index is 11.6. The van der Waals surface area contributed by atoms with E-state index in [9.17, 15) is 4.79 Å². The van der Waals surface area contributed by atoms with Gasteiger partial charge in [-0.15, -0.1) is 0 Å². The Bertz CT molecular complexity index is 336. The zero-order valence-electron chi connectivity index (χ0n) is 9.19. The molecule has 0 aliphatic carbocycles. The first-order valence-electron chi connectivity index (χ1n) is 4.97. The van der Waals surface area contributed by atoms with E-state index in [1.54, 1.807) is 7.11 Å². The van der Waals surface area contributed by atoms with Crippen LogP contribution in [0, 0.1) is 6.92 Å². The molecule has 0 fully saturated rings. The summed E-state index contributed by atoms with van der Waals surface area (Å²) in [6.45, 7) is 2.27. The van der Waals surface area contributed by atoms with Gasteiger partial charge in [0.2, 0.25) is 0 Å². The molecule has 82 valence electrons. The van der Waals surface area contributed by atoms with E-state index in [0.717, 1.165) is 11.1 Å². The lowest BCUT2D eigenvalue weighted by Crippen LogP contribution is -2.36. The molecule has 1 aromatic rings. The Labute approximate surface area is 90.2 Å². The van der Waals surface area contributed by atoms with Crippen LogP contribution in [-0.2, 0) is 16.0 Å². The van der Waals surface area contributed by atoms with Gasteiger partial charge >= 0.3 is 0 Å². The number of benzene rings is 1. The number of ketones is 1. The molecule has 3 heteroatoms. The summed E-state index contributed by atoms with van der Waals surface area (Å²) < 4.78 is 4.85. The van der Waals surface area contributed by atoms with Crippen molar-refractivity contribution in [3.8, 4) is 0 Å². The van der Waals surface area contributed by atoms with Crippen LogP contribution < -0.4 is 5.73 Å². The lowest BCUT2D eigenvalue weighted by atomic mass is 10.0. The maximum Gasteiger partial charge on any atom is 0.156 e. The van der Waals surface area contributed by atoms with Crippen molar-refractivity contribution in [2.24, 2.45) is 5.73 Å². The minimum Gasteiger partial charge on any atom is -0.383 e. The molecule has 2 N–H and O–H groups in total. The third-order valence-electron chi connectivity index (χ3n) is 2.39. The lowest BCUT2D eigenvalue weighted by molar-refractivity contribution is -0.120. The van der Waals surface area contributed by atoms with E-state index >= 15 is 0 Å². The number of ether oxygens (including phenoxy) is 1. The van der Waals surface area contributed by atoms with Gasteiger partial charge in [-0.05, 0) is 18.1 Å². The first kappa shape index (κ1) is 11.9. The molecule has 0 saturated carbocycles. The fourth-order valence-electron chi connectivity index (χ4n) is 1.40. The van der Waals surface area contributed by atoms with Gasteiger partial charge < -0.3 is 10.5 Å². The summed E-state index contributed by atoms with van der Waals surface area (Å²) in [4.78, 5) is 11.6. The number of methoxy groups -OCH3 is 1. The Morgan fingerprint density at radius 2 is 2.13 bits per heavy atom. The van der Waals surface area contributed by atoms with E-state index in [0.29, 0.717) is 6.42 Å². The minimum atomic E-state index is -0.519. The van der Waals surface area contributed by atoms with Crippen LogP contribution in [0.15, 0.2) is 24.3 Å². The van der Waals surface area contributed by atoms with Crippen LogP contribution in [0.4, 0.5) is 0 Å². The number of rotatable bonds is 5. The van der Waals surface area contributed by atoms with Gasteiger partial charge in [0, 0.05) is 13.5 Å². The van der Waals surface area contributed by atoms with Gasteiger partial charge in [-0.25, -0.2) is 0 Å². The summed E-state index contributed by atoms with van der Waals surface area (Å²) in [7, 11) is 1.54. The maximum absolute atomic E-state index is 11.6. The summed E-state index contributed by atoms with van der Waals surface area (Å²) in [5.41, 5.74) is 7.81. The molecule has 15 heavy (non-hydrogen) atoms. The van der Waals surface area contributed by atoms with E-state index in [1.807, 2.05) is 31.2 Å². The van der Waals surface area contributed by atoms with E-state index < -0.39 is 6.04 Å². The second kappa shape index (κ2) is 5.63. The predicted molar refractivity (Wildman–Crippen MR) is 59.7 cm³/mol. The Morgan fingerprint density at radius 1 is 1.47 bits per heavy atom. The van der Waals surface area contributed by atoms with Crippen LogP contribution in [-0.4, -0.2) is 25.5 Å². The molecular weight excluding hydrogens is 190 g/mol. The van der Waals surface area contributed by atoms with Crippen molar-refractivity contribution in [1.82, 2.24) is 0 Å². The van der Waals surface area contributed by atoms with Crippen molar-refractivity contribution in [2.45, 2.75) is 19.4 Å². The number of hydrogen-bond donors (Lipinski definition) is 1. The molecule has 0 aliphatic rings. The number of carbonyl (C=O) groups excluding carboxylic acids is 1. The topological polar surface area (TPSA) is 52.3 Å². The standard InChI is InChI=1S/C12H17NO2/c1-9-5-3-4-6-10(9)7-12(14)11(13)8-15-2/h3-6,11H,7-8,13H2,1-2H3. The van der Waals surface area contributed by atoms with Gasteiger partial charge in [0.05, 0.1) is 12.6 Å². The van der Waals surface area contributed by atoms with Crippen LogP contribution in [0.3, 0.4) is 0 Å². The fourth-order valence-corrected chi connectivity index (χ4v) is 1.40. The highest BCUT2D eigenvalue weighted by molar-refractivity contribution is 5.86. The van der Waals surface area contributed by atoms with E-state index in [1.165, 1.54) is 0 Å². The Hall–Kier alpha value is -1.19. The summed E-state index contributed by atoms with van der Waals surface area (Å²) in [6, 6.07) is 7.31. The minimum absolute atomic E-state index is 0.0196. The highest BCUT2D eigenvalue weighted by Crippen LogP contribution is 2.08. The van der Waals surface area contributed by atoms with Crippen molar-refractivity contribution in [3.05, 3.63) is 35.4 Å². The second-order valence-corrected chi connectivity index (χ2v) is 3.63. The predicted octanol–water partition coefficient (Wildman–Crippen LogP) is 1.08. The number of hydrogen-bond acceptors (Lipinski definition) is 3. The molecule has 1 unspecified atom stereocenters. The zero-order chi connectivity index (χ0) is 11.3.